The summed E-state index contributed by atoms with van der Waals surface area (Å²) in [7, 11) is 2.94. The van der Waals surface area contributed by atoms with E-state index in [-0.39, 0.29) is 18.0 Å². The van der Waals surface area contributed by atoms with Gasteiger partial charge >= 0.3 is 5.69 Å². The molecule has 3 rings (SSSR count). The predicted molar refractivity (Wildman–Crippen MR) is 92.9 cm³/mol. The third kappa shape index (κ3) is 2.83. The molecule has 8 heteroatoms. The lowest BCUT2D eigenvalue weighted by atomic mass is 10.3. The minimum absolute atomic E-state index is 0.183. The Balaban J connectivity index is 1.92. The number of anilines is 1. The number of benzene rings is 1. The van der Waals surface area contributed by atoms with Gasteiger partial charge in [-0.2, -0.15) is 0 Å². The number of hydrogen-bond acceptors (Lipinski definition) is 5. The van der Waals surface area contributed by atoms with E-state index in [2.05, 4.69) is 5.32 Å². The number of ether oxygens (including phenoxy) is 1. The van der Waals surface area contributed by atoms with Crippen LogP contribution in [0.1, 0.15) is 0 Å². The molecule has 0 saturated heterocycles. The van der Waals surface area contributed by atoms with Crippen LogP contribution in [0.3, 0.4) is 0 Å². The van der Waals surface area contributed by atoms with Crippen LogP contribution in [0.25, 0.3) is 10.2 Å². The van der Waals surface area contributed by atoms with Gasteiger partial charge in [-0.15, -0.1) is 11.3 Å². The Morgan fingerprint density at radius 2 is 2.08 bits per heavy atom. The number of aromatic nitrogens is 2. The monoisotopic (exact) mass is 345 g/mol. The molecule has 0 fully saturated rings. The number of rotatable bonds is 4. The minimum Gasteiger partial charge on any atom is -0.497 e. The first kappa shape index (κ1) is 16.0. The van der Waals surface area contributed by atoms with Crippen molar-refractivity contribution in [1.82, 2.24) is 9.13 Å². The van der Waals surface area contributed by atoms with E-state index in [9.17, 15) is 14.4 Å². The maximum atomic E-state index is 12.3. The van der Waals surface area contributed by atoms with Gasteiger partial charge in [-0.25, -0.2) is 4.79 Å². The Labute approximate surface area is 140 Å². The first-order chi connectivity index (χ1) is 11.5. The number of carbonyl (C=O) groups is 1. The molecule has 0 aliphatic carbocycles. The van der Waals surface area contributed by atoms with Crippen LogP contribution < -0.4 is 21.3 Å². The lowest BCUT2D eigenvalue weighted by Gasteiger charge is -2.10. The molecule has 0 saturated carbocycles. The second kappa shape index (κ2) is 6.32. The van der Waals surface area contributed by atoms with Crippen molar-refractivity contribution in [2.24, 2.45) is 7.05 Å². The number of methoxy groups -OCH3 is 1. The van der Waals surface area contributed by atoms with E-state index < -0.39 is 5.69 Å². The Bertz CT molecular complexity index is 1030. The van der Waals surface area contributed by atoms with Gasteiger partial charge in [-0.05, 0) is 23.6 Å². The van der Waals surface area contributed by atoms with Crippen molar-refractivity contribution in [3.63, 3.8) is 0 Å². The summed E-state index contributed by atoms with van der Waals surface area (Å²) in [6.07, 6.45) is 0. The van der Waals surface area contributed by atoms with Crippen molar-refractivity contribution in [2.45, 2.75) is 6.54 Å². The van der Waals surface area contributed by atoms with E-state index in [1.807, 2.05) is 0 Å². The van der Waals surface area contributed by atoms with Crippen LogP contribution in [0.2, 0.25) is 0 Å². The summed E-state index contributed by atoms with van der Waals surface area (Å²) in [4.78, 5) is 36.7. The van der Waals surface area contributed by atoms with Gasteiger partial charge in [0.15, 0.2) is 0 Å². The van der Waals surface area contributed by atoms with Gasteiger partial charge in [0.2, 0.25) is 5.91 Å². The Kier molecular flexibility index (Phi) is 4.22. The number of amides is 1. The van der Waals surface area contributed by atoms with E-state index in [1.54, 1.807) is 35.7 Å². The molecule has 0 unspecified atom stereocenters. The van der Waals surface area contributed by atoms with Crippen molar-refractivity contribution >= 4 is 33.1 Å². The number of nitrogens with one attached hydrogen (secondary N) is 1. The Morgan fingerprint density at radius 1 is 1.29 bits per heavy atom. The number of hydrogen-bond donors (Lipinski definition) is 1. The molecular formula is C16H15N3O4S. The van der Waals surface area contributed by atoms with Gasteiger partial charge in [0, 0.05) is 18.8 Å². The molecule has 1 amide bonds. The van der Waals surface area contributed by atoms with Crippen molar-refractivity contribution < 1.29 is 9.53 Å². The summed E-state index contributed by atoms with van der Waals surface area (Å²) < 4.78 is 7.86. The quantitative estimate of drug-likeness (QED) is 0.775. The van der Waals surface area contributed by atoms with Crippen molar-refractivity contribution in [1.29, 1.82) is 0 Å². The molecule has 2 aromatic heterocycles. The summed E-state index contributed by atoms with van der Waals surface area (Å²) in [6, 6.07) is 8.60. The van der Waals surface area contributed by atoms with E-state index >= 15 is 0 Å². The van der Waals surface area contributed by atoms with Crippen LogP contribution in [0.5, 0.6) is 5.75 Å². The minimum atomic E-state index is -0.522. The van der Waals surface area contributed by atoms with Crippen LogP contribution in [0.15, 0.2) is 45.3 Å². The second-order valence-corrected chi connectivity index (χ2v) is 6.06. The average Bonchev–Trinajstić information content (AvgIpc) is 3.06. The molecule has 24 heavy (non-hydrogen) atoms. The maximum absolute atomic E-state index is 12.3. The normalized spacial score (nSPS) is 10.8. The summed E-state index contributed by atoms with van der Waals surface area (Å²) in [5.74, 6) is 0.254. The largest absolute Gasteiger partial charge is 0.497 e. The summed E-state index contributed by atoms with van der Waals surface area (Å²) in [5.41, 5.74) is 0.161. The molecule has 2 heterocycles. The van der Waals surface area contributed by atoms with E-state index in [1.165, 1.54) is 30.1 Å². The Morgan fingerprint density at radius 3 is 2.83 bits per heavy atom. The van der Waals surface area contributed by atoms with Crippen LogP contribution in [-0.4, -0.2) is 22.2 Å². The first-order valence-electron chi connectivity index (χ1n) is 7.12. The highest BCUT2D eigenvalue weighted by Gasteiger charge is 2.14. The highest BCUT2D eigenvalue weighted by Crippen LogP contribution is 2.17. The van der Waals surface area contributed by atoms with Crippen LogP contribution >= 0.6 is 11.3 Å². The second-order valence-electron chi connectivity index (χ2n) is 5.15. The summed E-state index contributed by atoms with van der Waals surface area (Å²) in [5, 5.41) is 4.44. The molecule has 124 valence electrons. The highest BCUT2D eigenvalue weighted by atomic mass is 32.1. The van der Waals surface area contributed by atoms with Gasteiger partial charge in [0.25, 0.3) is 5.56 Å². The average molecular weight is 345 g/mol. The third-order valence-electron chi connectivity index (χ3n) is 3.61. The third-order valence-corrected chi connectivity index (χ3v) is 4.50. The fourth-order valence-corrected chi connectivity index (χ4v) is 3.27. The van der Waals surface area contributed by atoms with Crippen LogP contribution in [-0.2, 0) is 18.4 Å². The molecule has 0 atom stereocenters. The number of thiophene rings is 1. The van der Waals surface area contributed by atoms with Crippen LogP contribution in [0.4, 0.5) is 5.69 Å². The van der Waals surface area contributed by atoms with Gasteiger partial charge < -0.3 is 10.1 Å². The maximum Gasteiger partial charge on any atom is 0.331 e. The van der Waals surface area contributed by atoms with Gasteiger partial charge in [0.05, 0.1) is 12.6 Å². The first-order valence-corrected chi connectivity index (χ1v) is 8.00. The zero-order chi connectivity index (χ0) is 17.3. The van der Waals surface area contributed by atoms with E-state index in [0.717, 1.165) is 4.57 Å². The van der Waals surface area contributed by atoms with Crippen molar-refractivity contribution in [3.8, 4) is 5.75 Å². The van der Waals surface area contributed by atoms with E-state index in [4.69, 9.17) is 4.74 Å². The van der Waals surface area contributed by atoms with Crippen molar-refractivity contribution in [2.75, 3.05) is 12.4 Å². The molecule has 3 aromatic rings. The van der Waals surface area contributed by atoms with E-state index in [0.29, 0.717) is 21.7 Å². The van der Waals surface area contributed by atoms with Gasteiger partial charge in [-0.1, -0.05) is 6.07 Å². The molecule has 7 nitrogen and oxygen atoms in total. The molecule has 0 aliphatic rings. The van der Waals surface area contributed by atoms with Gasteiger partial charge in [0.1, 0.15) is 17.0 Å². The van der Waals surface area contributed by atoms with Crippen molar-refractivity contribution in [3.05, 3.63) is 56.5 Å². The molecule has 0 spiro atoms. The molecule has 0 bridgehead atoms. The number of fused-ring (bicyclic) bond motifs is 1. The molecule has 0 aliphatic heterocycles. The fourth-order valence-electron chi connectivity index (χ4n) is 2.40. The zero-order valence-corrected chi connectivity index (χ0v) is 13.9. The molecule has 0 radical (unpaired) electrons. The Hall–Kier alpha value is -2.87. The SMILES string of the molecule is COc1cccc(NC(=O)Cn2c(=O)n(C)c(=O)c3sccc32)c1. The van der Waals surface area contributed by atoms with Gasteiger partial charge in [-0.3, -0.25) is 18.7 Å². The fraction of sp³-hybridized carbons (Fsp3) is 0.188. The summed E-state index contributed by atoms with van der Waals surface area (Å²) in [6.45, 7) is -0.183. The topological polar surface area (TPSA) is 82.3 Å². The zero-order valence-electron chi connectivity index (χ0n) is 13.1. The predicted octanol–water partition coefficient (Wildman–Crippen LogP) is 1.41. The molecular weight excluding hydrogens is 330 g/mol. The number of carbonyl (C=O) groups excluding carboxylic acids is 1. The molecule has 1 aromatic carbocycles. The number of nitrogens with zero attached hydrogens (tertiary/aromatic N) is 2. The molecule has 1 N–H and O–H groups in total. The highest BCUT2D eigenvalue weighted by molar-refractivity contribution is 7.17. The summed E-state index contributed by atoms with van der Waals surface area (Å²) >= 11 is 1.25. The lowest BCUT2D eigenvalue weighted by Crippen LogP contribution is -2.39. The van der Waals surface area contributed by atoms with Crippen LogP contribution in [0, 0.1) is 0 Å². The smallest absolute Gasteiger partial charge is 0.331 e. The standard InChI is InChI=1S/C16H15N3O4S/c1-18-15(21)14-12(6-7-24-14)19(16(18)22)9-13(20)17-10-4-3-5-11(8-10)23-2/h3-8H,9H2,1-2H3,(H,17,20). The lowest BCUT2D eigenvalue weighted by molar-refractivity contribution is -0.116.